The zero-order valence-corrected chi connectivity index (χ0v) is 11.7. The molecule has 0 amide bonds. The fourth-order valence-electron chi connectivity index (χ4n) is 3.00. The van der Waals surface area contributed by atoms with Crippen LogP contribution in [0.15, 0.2) is 36.7 Å². The lowest BCUT2D eigenvalue weighted by Crippen LogP contribution is -2.30. The van der Waals surface area contributed by atoms with Crippen molar-refractivity contribution in [2.75, 3.05) is 5.32 Å². The number of benzene rings is 1. The minimum atomic E-state index is 0.0504. The van der Waals surface area contributed by atoms with Crippen molar-refractivity contribution in [1.29, 1.82) is 0 Å². The Labute approximate surface area is 122 Å². The first kappa shape index (κ1) is 12.3. The van der Waals surface area contributed by atoms with Crippen LogP contribution in [0.3, 0.4) is 0 Å². The number of nitrogens with two attached hydrogens (primary N) is 1. The van der Waals surface area contributed by atoms with Gasteiger partial charge in [0.1, 0.15) is 12.1 Å². The molecular formula is C15H16N6. The van der Waals surface area contributed by atoms with Crippen LogP contribution in [0.25, 0.3) is 5.78 Å². The number of nitrogens with zero attached hydrogens (tertiary/aromatic N) is 4. The summed E-state index contributed by atoms with van der Waals surface area (Å²) < 4.78 is 1.71. The molecule has 21 heavy (non-hydrogen) atoms. The number of rotatable bonds is 2. The molecule has 0 saturated heterocycles. The topological polar surface area (TPSA) is 81.1 Å². The fraction of sp³-hybridized carbons (Fsp3) is 0.267. The molecule has 0 saturated carbocycles. The van der Waals surface area contributed by atoms with Crippen molar-refractivity contribution in [1.82, 2.24) is 19.6 Å². The third kappa shape index (κ3) is 1.95. The van der Waals surface area contributed by atoms with E-state index >= 15 is 0 Å². The average Bonchev–Trinajstić information content (AvgIpc) is 3.04. The van der Waals surface area contributed by atoms with Crippen molar-refractivity contribution in [3.63, 3.8) is 0 Å². The molecule has 0 aliphatic heterocycles. The van der Waals surface area contributed by atoms with Gasteiger partial charge in [0.05, 0.1) is 6.04 Å². The summed E-state index contributed by atoms with van der Waals surface area (Å²) in [6.07, 6.45) is 2.40. The molecule has 3 aromatic rings. The second-order valence-electron chi connectivity index (χ2n) is 5.44. The van der Waals surface area contributed by atoms with Crippen molar-refractivity contribution in [3.8, 4) is 0 Å². The van der Waals surface area contributed by atoms with E-state index < -0.39 is 0 Å². The quantitative estimate of drug-likeness (QED) is 0.743. The molecular weight excluding hydrogens is 264 g/mol. The fourth-order valence-corrected chi connectivity index (χ4v) is 3.00. The molecule has 0 spiro atoms. The van der Waals surface area contributed by atoms with Gasteiger partial charge < -0.3 is 11.1 Å². The van der Waals surface area contributed by atoms with Gasteiger partial charge in [-0.2, -0.15) is 14.6 Å². The van der Waals surface area contributed by atoms with Crippen molar-refractivity contribution in [2.24, 2.45) is 5.73 Å². The Kier molecular flexibility index (Phi) is 2.65. The van der Waals surface area contributed by atoms with Crippen LogP contribution in [0.2, 0.25) is 0 Å². The number of hydrogen-bond donors (Lipinski definition) is 2. The molecule has 1 aromatic carbocycles. The predicted molar refractivity (Wildman–Crippen MR) is 80.0 cm³/mol. The van der Waals surface area contributed by atoms with Crippen molar-refractivity contribution in [3.05, 3.63) is 53.5 Å². The van der Waals surface area contributed by atoms with Gasteiger partial charge in [-0.1, -0.05) is 24.3 Å². The standard InChI is InChI=1S/C15H16N6/c1-9-6-13(21-15(19-9)17-8-18-21)20-14-11-5-3-2-4-10(11)7-12(14)16/h2-6,8,12,14,20H,7,16H2,1H3. The largest absolute Gasteiger partial charge is 0.361 e. The molecule has 0 radical (unpaired) electrons. The summed E-state index contributed by atoms with van der Waals surface area (Å²) in [4.78, 5) is 8.50. The maximum atomic E-state index is 6.31. The summed E-state index contributed by atoms with van der Waals surface area (Å²) in [6, 6.07) is 10.5. The summed E-state index contributed by atoms with van der Waals surface area (Å²) in [7, 11) is 0. The number of fused-ring (bicyclic) bond motifs is 2. The Balaban J connectivity index is 1.77. The van der Waals surface area contributed by atoms with Crippen LogP contribution >= 0.6 is 0 Å². The van der Waals surface area contributed by atoms with Gasteiger partial charge >= 0.3 is 0 Å². The van der Waals surface area contributed by atoms with Gasteiger partial charge in [0.15, 0.2) is 0 Å². The molecule has 2 atom stereocenters. The predicted octanol–water partition coefficient (Wildman–Crippen LogP) is 1.47. The zero-order valence-electron chi connectivity index (χ0n) is 11.7. The maximum Gasteiger partial charge on any atom is 0.254 e. The maximum absolute atomic E-state index is 6.31. The van der Waals surface area contributed by atoms with E-state index in [2.05, 4.69) is 44.6 Å². The number of aryl methyl sites for hydroxylation is 1. The lowest BCUT2D eigenvalue weighted by atomic mass is 10.1. The summed E-state index contributed by atoms with van der Waals surface area (Å²) >= 11 is 0. The highest BCUT2D eigenvalue weighted by Crippen LogP contribution is 2.33. The van der Waals surface area contributed by atoms with E-state index in [9.17, 15) is 0 Å². The first-order valence-electron chi connectivity index (χ1n) is 6.99. The van der Waals surface area contributed by atoms with Gasteiger partial charge in [-0.15, -0.1) is 0 Å². The second-order valence-corrected chi connectivity index (χ2v) is 5.44. The molecule has 106 valence electrons. The zero-order chi connectivity index (χ0) is 14.4. The second kappa shape index (κ2) is 4.53. The Hall–Kier alpha value is -2.47. The minimum absolute atomic E-state index is 0.0504. The third-order valence-electron chi connectivity index (χ3n) is 3.96. The summed E-state index contributed by atoms with van der Waals surface area (Å²) in [5.74, 6) is 1.46. The van der Waals surface area contributed by atoms with Crippen LogP contribution in [0.5, 0.6) is 0 Å². The first-order chi connectivity index (χ1) is 10.2. The summed E-state index contributed by atoms with van der Waals surface area (Å²) in [6.45, 7) is 1.95. The first-order valence-corrected chi connectivity index (χ1v) is 6.99. The van der Waals surface area contributed by atoms with E-state index in [0.717, 1.165) is 17.9 Å². The summed E-state index contributed by atoms with van der Waals surface area (Å²) in [5, 5.41) is 7.73. The highest BCUT2D eigenvalue weighted by molar-refractivity contribution is 5.49. The van der Waals surface area contributed by atoms with Gasteiger partial charge in [-0.3, -0.25) is 0 Å². The monoisotopic (exact) mass is 280 g/mol. The van der Waals surface area contributed by atoms with E-state index in [0.29, 0.717) is 5.78 Å². The van der Waals surface area contributed by atoms with Crippen molar-refractivity contribution < 1.29 is 0 Å². The smallest absolute Gasteiger partial charge is 0.254 e. The Bertz CT molecular complexity index is 809. The van der Waals surface area contributed by atoms with Crippen molar-refractivity contribution >= 4 is 11.6 Å². The van der Waals surface area contributed by atoms with Gasteiger partial charge in [0, 0.05) is 17.8 Å². The third-order valence-corrected chi connectivity index (χ3v) is 3.96. The molecule has 0 fully saturated rings. The molecule has 2 aromatic heterocycles. The Morgan fingerprint density at radius 1 is 1.33 bits per heavy atom. The van der Waals surface area contributed by atoms with Gasteiger partial charge in [0.2, 0.25) is 0 Å². The van der Waals surface area contributed by atoms with E-state index in [4.69, 9.17) is 5.73 Å². The highest BCUT2D eigenvalue weighted by atomic mass is 15.4. The number of nitrogens with one attached hydrogen (secondary N) is 1. The van der Waals surface area contributed by atoms with Crippen LogP contribution in [0, 0.1) is 6.92 Å². The van der Waals surface area contributed by atoms with E-state index in [1.54, 1.807) is 4.52 Å². The number of anilines is 1. The molecule has 6 nitrogen and oxygen atoms in total. The molecule has 1 aliphatic rings. The average molecular weight is 280 g/mol. The lowest BCUT2D eigenvalue weighted by molar-refractivity contribution is 0.620. The molecule has 4 rings (SSSR count). The number of aromatic nitrogens is 4. The molecule has 2 unspecified atom stereocenters. The molecule has 1 aliphatic carbocycles. The lowest BCUT2D eigenvalue weighted by Gasteiger charge is -2.20. The highest BCUT2D eigenvalue weighted by Gasteiger charge is 2.30. The van der Waals surface area contributed by atoms with Crippen LogP contribution in [0.4, 0.5) is 5.82 Å². The van der Waals surface area contributed by atoms with Gasteiger partial charge in [-0.05, 0) is 24.5 Å². The van der Waals surface area contributed by atoms with Gasteiger partial charge in [-0.25, -0.2) is 4.98 Å². The normalized spacial score (nSPS) is 20.7. The van der Waals surface area contributed by atoms with Crippen LogP contribution in [-0.2, 0) is 6.42 Å². The molecule has 0 bridgehead atoms. The SMILES string of the molecule is Cc1cc(NC2c3ccccc3CC2N)n2ncnc2n1. The summed E-state index contributed by atoms with van der Waals surface area (Å²) in [5.41, 5.74) is 9.78. The number of hydrogen-bond acceptors (Lipinski definition) is 5. The van der Waals surface area contributed by atoms with Crippen LogP contribution in [0.1, 0.15) is 22.9 Å². The molecule has 2 heterocycles. The van der Waals surface area contributed by atoms with Crippen LogP contribution < -0.4 is 11.1 Å². The van der Waals surface area contributed by atoms with E-state index in [1.807, 2.05) is 13.0 Å². The van der Waals surface area contributed by atoms with E-state index in [1.165, 1.54) is 17.5 Å². The Morgan fingerprint density at radius 3 is 3.10 bits per heavy atom. The van der Waals surface area contributed by atoms with Crippen LogP contribution in [-0.4, -0.2) is 25.6 Å². The van der Waals surface area contributed by atoms with E-state index in [-0.39, 0.29) is 12.1 Å². The Morgan fingerprint density at radius 2 is 2.19 bits per heavy atom. The minimum Gasteiger partial charge on any atom is -0.361 e. The molecule has 3 N–H and O–H groups in total. The molecule has 6 heteroatoms. The van der Waals surface area contributed by atoms with Gasteiger partial charge in [0.25, 0.3) is 5.78 Å². The van der Waals surface area contributed by atoms with Crippen molar-refractivity contribution in [2.45, 2.75) is 25.4 Å².